The third-order valence-electron chi connectivity index (χ3n) is 4.33. The molecule has 2 rings (SSSR count). The summed E-state index contributed by atoms with van der Waals surface area (Å²) in [5.74, 6) is 1.58. The number of nitrogens with zero attached hydrogens (tertiary/aromatic N) is 1. The van der Waals surface area contributed by atoms with Crippen molar-refractivity contribution in [1.82, 2.24) is 4.98 Å². The molecule has 0 atom stereocenters. The van der Waals surface area contributed by atoms with Gasteiger partial charge in [-0.1, -0.05) is 51.2 Å². The number of anilines is 1. The number of benzene rings is 1. The van der Waals surface area contributed by atoms with E-state index in [-0.39, 0.29) is 0 Å². The topological polar surface area (TPSA) is 58.0 Å². The molecular weight excluding hydrogens is 322 g/mol. The second kappa shape index (κ2) is 11.3. The lowest BCUT2D eigenvalue weighted by Gasteiger charge is -2.13. The van der Waals surface area contributed by atoms with Crippen LogP contribution in [-0.2, 0) is 0 Å². The Balaban J connectivity index is 1.97. The molecule has 0 bridgehead atoms. The average molecular weight is 354 g/mol. The Kier molecular flexibility index (Phi) is 8.67. The van der Waals surface area contributed by atoms with E-state index >= 15 is 0 Å². The van der Waals surface area contributed by atoms with Crippen LogP contribution in [0.3, 0.4) is 0 Å². The van der Waals surface area contributed by atoms with Crippen molar-refractivity contribution in [2.75, 3.05) is 18.5 Å². The van der Waals surface area contributed by atoms with Crippen LogP contribution in [0.2, 0.25) is 0 Å². The molecule has 0 aliphatic rings. The van der Waals surface area contributed by atoms with Crippen LogP contribution < -0.4 is 10.1 Å². The van der Waals surface area contributed by atoms with Crippen molar-refractivity contribution in [3.8, 4) is 5.75 Å². The first-order valence-electron chi connectivity index (χ1n) is 9.77. The van der Waals surface area contributed by atoms with Crippen molar-refractivity contribution in [3.63, 3.8) is 0 Å². The van der Waals surface area contributed by atoms with Crippen LogP contribution in [-0.4, -0.2) is 23.8 Å². The summed E-state index contributed by atoms with van der Waals surface area (Å²) in [4.78, 5) is 4.45. The van der Waals surface area contributed by atoms with Gasteiger partial charge in [-0.15, -0.1) is 0 Å². The summed E-state index contributed by atoms with van der Waals surface area (Å²) in [6, 6.07) is 11.5. The van der Waals surface area contributed by atoms with Gasteiger partial charge in [-0.2, -0.15) is 0 Å². The van der Waals surface area contributed by atoms with Crippen LogP contribution in [0.15, 0.2) is 42.6 Å². The van der Waals surface area contributed by atoms with E-state index in [9.17, 15) is 0 Å². The third kappa shape index (κ3) is 6.17. The number of ether oxygens (including phenoxy) is 1. The van der Waals surface area contributed by atoms with Gasteiger partial charge in [0, 0.05) is 23.9 Å². The molecule has 0 amide bonds. The highest BCUT2D eigenvalue weighted by molar-refractivity contribution is 6.13. The largest absolute Gasteiger partial charge is 0.494 e. The Morgan fingerprint density at radius 3 is 2.65 bits per heavy atom. The fraction of sp³-hybridized carbons (Fsp3) is 0.455. The summed E-state index contributed by atoms with van der Waals surface area (Å²) < 4.78 is 5.55. The molecule has 0 unspecified atom stereocenters. The van der Waals surface area contributed by atoms with Gasteiger partial charge in [-0.05, 0) is 37.6 Å². The summed E-state index contributed by atoms with van der Waals surface area (Å²) in [7, 11) is 0. The van der Waals surface area contributed by atoms with Crippen molar-refractivity contribution in [2.24, 2.45) is 0 Å². The fourth-order valence-corrected chi connectivity index (χ4v) is 2.92. The Morgan fingerprint density at radius 1 is 1.04 bits per heavy atom. The van der Waals surface area contributed by atoms with E-state index in [1.54, 1.807) is 6.20 Å². The molecular formula is C22H31N3O. The lowest BCUT2D eigenvalue weighted by Crippen LogP contribution is -2.11. The normalized spacial score (nSPS) is 10.5. The lowest BCUT2D eigenvalue weighted by molar-refractivity contribution is 0.340. The van der Waals surface area contributed by atoms with Crippen molar-refractivity contribution >= 4 is 11.5 Å². The number of hydrogen-bond acceptors (Lipinski definition) is 4. The van der Waals surface area contributed by atoms with E-state index in [1.807, 2.05) is 43.3 Å². The molecule has 1 aromatic carbocycles. The molecule has 140 valence electrons. The number of hydrogen-bond donors (Lipinski definition) is 2. The van der Waals surface area contributed by atoms with E-state index in [2.05, 4.69) is 17.2 Å². The van der Waals surface area contributed by atoms with Crippen molar-refractivity contribution in [2.45, 2.75) is 52.4 Å². The van der Waals surface area contributed by atoms with Gasteiger partial charge in [-0.3, -0.25) is 5.41 Å². The summed E-state index contributed by atoms with van der Waals surface area (Å²) in [6.07, 6.45) is 9.38. The van der Waals surface area contributed by atoms with Crippen molar-refractivity contribution in [1.29, 1.82) is 5.41 Å². The summed E-state index contributed by atoms with van der Waals surface area (Å²) in [5.41, 5.74) is 2.13. The van der Waals surface area contributed by atoms with E-state index in [1.165, 1.54) is 32.1 Å². The van der Waals surface area contributed by atoms with Crippen LogP contribution in [0.5, 0.6) is 5.75 Å². The second-order valence-electron chi connectivity index (χ2n) is 6.43. The fourth-order valence-electron chi connectivity index (χ4n) is 2.92. The van der Waals surface area contributed by atoms with Gasteiger partial charge in [0.2, 0.25) is 0 Å². The van der Waals surface area contributed by atoms with Crippen LogP contribution in [0, 0.1) is 5.41 Å². The minimum Gasteiger partial charge on any atom is -0.494 e. The first-order valence-corrected chi connectivity index (χ1v) is 9.77. The minimum atomic E-state index is 0.463. The Hall–Kier alpha value is -2.36. The molecule has 0 saturated carbocycles. The molecule has 0 radical (unpaired) electrons. The molecule has 1 aromatic heterocycles. The molecule has 0 saturated heterocycles. The molecule has 2 aromatic rings. The standard InChI is InChI=1S/C22H31N3O/c1-3-5-6-7-8-9-15-24-22-20(14-11-16-25-22)21(23)18-12-10-13-19(17-18)26-4-2/h10-14,16-17,23H,3-9,15H2,1-2H3,(H,24,25). The van der Waals surface area contributed by atoms with Crippen LogP contribution >= 0.6 is 0 Å². The highest BCUT2D eigenvalue weighted by atomic mass is 16.5. The quantitative estimate of drug-likeness (QED) is 0.382. The highest BCUT2D eigenvalue weighted by Gasteiger charge is 2.11. The second-order valence-corrected chi connectivity index (χ2v) is 6.43. The molecule has 1 heterocycles. The van der Waals surface area contributed by atoms with Crippen LogP contribution in [0.4, 0.5) is 5.82 Å². The molecule has 0 fully saturated rings. The van der Waals surface area contributed by atoms with Crippen LogP contribution in [0.25, 0.3) is 0 Å². The molecule has 4 heteroatoms. The zero-order chi connectivity index (χ0) is 18.6. The zero-order valence-electron chi connectivity index (χ0n) is 16.1. The van der Waals surface area contributed by atoms with E-state index < -0.39 is 0 Å². The Morgan fingerprint density at radius 2 is 1.85 bits per heavy atom. The first kappa shape index (κ1) is 20.0. The van der Waals surface area contributed by atoms with Crippen molar-refractivity contribution < 1.29 is 4.74 Å². The molecule has 2 N–H and O–H groups in total. The van der Waals surface area contributed by atoms with Gasteiger partial charge in [0.25, 0.3) is 0 Å². The van der Waals surface area contributed by atoms with Gasteiger partial charge >= 0.3 is 0 Å². The lowest BCUT2D eigenvalue weighted by atomic mass is 10.0. The van der Waals surface area contributed by atoms with Gasteiger partial charge in [0.1, 0.15) is 11.6 Å². The minimum absolute atomic E-state index is 0.463. The average Bonchev–Trinajstić information content (AvgIpc) is 2.67. The molecule has 0 aliphatic carbocycles. The monoisotopic (exact) mass is 353 g/mol. The number of nitrogens with one attached hydrogen (secondary N) is 2. The maximum absolute atomic E-state index is 8.60. The highest BCUT2D eigenvalue weighted by Crippen LogP contribution is 2.20. The van der Waals surface area contributed by atoms with Gasteiger partial charge in [0.05, 0.1) is 12.3 Å². The first-order chi connectivity index (χ1) is 12.8. The van der Waals surface area contributed by atoms with E-state index in [0.717, 1.165) is 35.7 Å². The summed E-state index contributed by atoms with van der Waals surface area (Å²) in [5, 5.41) is 12.0. The molecule has 26 heavy (non-hydrogen) atoms. The molecule has 0 aliphatic heterocycles. The Labute approximate surface area is 157 Å². The third-order valence-corrected chi connectivity index (χ3v) is 4.33. The Bertz CT molecular complexity index is 685. The number of rotatable bonds is 12. The van der Waals surface area contributed by atoms with E-state index in [0.29, 0.717) is 12.3 Å². The number of unbranched alkanes of at least 4 members (excludes halogenated alkanes) is 5. The smallest absolute Gasteiger partial charge is 0.135 e. The van der Waals surface area contributed by atoms with Crippen molar-refractivity contribution in [3.05, 3.63) is 53.7 Å². The van der Waals surface area contributed by atoms with Gasteiger partial charge in [0.15, 0.2) is 0 Å². The zero-order valence-corrected chi connectivity index (χ0v) is 16.1. The number of pyridine rings is 1. The predicted molar refractivity (Wildman–Crippen MR) is 110 cm³/mol. The maximum atomic E-state index is 8.60. The summed E-state index contributed by atoms with van der Waals surface area (Å²) >= 11 is 0. The SMILES string of the molecule is CCCCCCCCNc1ncccc1C(=N)c1cccc(OCC)c1. The van der Waals surface area contributed by atoms with E-state index in [4.69, 9.17) is 10.1 Å². The summed E-state index contributed by atoms with van der Waals surface area (Å²) in [6.45, 7) is 5.71. The van der Waals surface area contributed by atoms with Crippen LogP contribution in [0.1, 0.15) is 63.5 Å². The maximum Gasteiger partial charge on any atom is 0.135 e. The van der Waals surface area contributed by atoms with Gasteiger partial charge < -0.3 is 10.1 Å². The molecule has 0 spiro atoms. The number of aromatic nitrogens is 1. The molecule has 4 nitrogen and oxygen atoms in total. The predicted octanol–water partition coefficient (Wildman–Crippen LogP) is 5.67. The van der Waals surface area contributed by atoms with Gasteiger partial charge in [-0.25, -0.2) is 4.98 Å².